The largest absolute Gasteiger partial charge is 0.458 e. The number of aliphatic hydroxyl groups is 1. The second-order valence-corrected chi connectivity index (χ2v) is 21.1. The number of ketones is 1. The number of nitrogens with two attached hydrogens (primary N) is 1. The number of aliphatic hydroxyl groups excluding tert-OH is 1. The summed E-state index contributed by atoms with van der Waals surface area (Å²) in [7, 11) is 1.52. The number of amides is 3. The molecule has 3 saturated heterocycles. The Hall–Kier alpha value is -5.65. The van der Waals surface area contributed by atoms with Crippen molar-refractivity contribution in [3.63, 3.8) is 0 Å². The lowest BCUT2D eigenvalue weighted by molar-refractivity contribution is -0.289. The van der Waals surface area contributed by atoms with Gasteiger partial charge < -0.3 is 49.9 Å². The smallest absolute Gasteiger partial charge is 0.412 e. The summed E-state index contributed by atoms with van der Waals surface area (Å²) in [6.07, 6.45) is 1.58. The maximum Gasteiger partial charge on any atom is 0.412 e. The van der Waals surface area contributed by atoms with Gasteiger partial charge in [-0.2, -0.15) is 0 Å². The number of Topliss-reactive ketones (excluding diaryl/α,β-unsaturated/α-hetero) is 1. The van der Waals surface area contributed by atoms with Crippen LogP contribution >= 0.6 is 0 Å². The lowest BCUT2D eigenvalue weighted by Gasteiger charge is -2.45. The number of ether oxygens (including phenoxy) is 6. The van der Waals surface area contributed by atoms with Crippen molar-refractivity contribution in [3.8, 4) is 11.3 Å². The van der Waals surface area contributed by atoms with Crippen molar-refractivity contribution in [3.05, 3.63) is 54.7 Å². The second kappa shape index (κ2) is 24.1. The molecule has 13 atom stereocenters. The van der Waals surface area contributed by atoms with E-state index < -0.39 is 101 Å². The number of unbranched alkanes of at least 4 members (excludes halogenated alkanes) is 1. The van der Waals surface area contributed by atoms with Gasteiger partial charge in [0.15, 0.2) is 17.7 Å². The van der Waals surface area contributed by atoms with Crippen molar-refractivity contribution in [1.29, 1.82) is 0 Å². The SMILES string of the molecule is CC[C@H]1OC(=O)[C@H](C)C(=O)[C@H](C)[C@@H](O[C@@H]2O[C@H](CNC(=O)c3cnccn3)CC(N)C2O)[C@](C)(OC)C[C@@H](C)CN[C@H](C)[C@H]2N(CCCCn3cc(-c4cccc(NC(=O)OC(C)(C)C)c4)nn3)C(=O)O[C@]12C. The molecular formula is C51H76N10O12. The van der Waals surface area contributed by atoms with Crippen LogP contribution in [0.25, 0.3) is 11.3 Å². The first-order chi connectivity index (χ1) is 34.5. The molecule has 3 fully saturated rings. The Bertz CT molecular complexity index is 2370. The normalized spacial score (nSPS) is 31.6. The van der Waals surface area contributed by atoms with Gasteiger partial charge in [0.2, 0.25) is 0 Å². The molecule has 3 aliphatic rings. The van der Waals surface area contributed by atoms with Gasteiger partial charge in [0.25, 0.3) is 5.91 Å². The molecular weight excluding hydrogens is 945 g/mol. The third-order valence-corrected chi connectivity index (χ3v) is 14.0. The van der Waals surface area contributed by atoms with Crippen molar-refractivity contribution < 1.29 is 57.5 Å². The lowest BCUT2D eigenvalue weighted by atomic mass is 9.78. The van der Waals surface area contributed by atoms with Gasteiger partial charge in [-0.15, -0.1) is 5.10 Å². The number of esters is 1. The van der Waals surface area contributed by atoms with Crippen LogP contribution in [0.3, 0.4) is 0 Å². The minimum Gasteiger partial charge on any atom is -0.458 e. The van der Waals surface area contributed by atoms with Gasteiger partial charge in [-0.3, -0.25) is 34.3 Å². The first kappa shape index (κ1) is 56.6. The number of carbonyl (C=O) groups is 5. The van der Waals surface area contributed by atoms with E-state index in [0.29, 0.717) is 50.3 Å². The van der Waals surface area contributed by atoms with E-state index in [1.165, 1.54) is 32.6 Å². The van der Waals surface area contributed by atoms with Crippen LogP contribution in [0.1, 0.15) is 112 Å². The zero-order valence-corrected chi connectivity index (χ0v) is 44.0. The quantitative estimate of drug-likeness (QED) is 0.0636. The number of carbonyl (C=O) groups excluding carboxylic acids is 5. The fourth-order valence-electron chi connectivity index (χ4n) is 10.2. The molecule has 0 saturated carbocycles. The minimum absolute atomic E-state index is 0.0191. The standard InChI is InChI=1S/C51H76N10O12/c1-12-39-51(10)42(61(48(67)73-51)21-14-13-20-60-28-38(58-59-60)33-16-15-17-34(22-33)57-47(66)72-49(6,7)8)32(5)55-25-29(2)24-50(9,68-11)43(30(3)40(62)31(4)45(65)70-39)71-46-41(63)36(52)23-35(69-46)26-56-44(64)37-27-53-18-19-54-37/h15-19,22,27-32,35-36,39,41-43,46,55,63H,12-14,20-21,23-26,52H2,1-11H3,(H,56,64)(H,57,66)/t29-,30+,31-,32-,35+,36?,39-,41?,42-,43-,46+,50-,51-/m1/s1. The highest BCUT2D eigenvalue weighted by atomic mass is 16.7. The molecule has 6 N–H and O–H groups in total. The lowest BCUT2D eigenvalue weighted by Crippen LogP contribution is -2.61. The van der Waals surface area contributed by atoms with Crippen LogP contribution in [-0.2, 0) is 44.6 Å². The maximum absolute atomic E-state index is 14.6. The van der Waals surface area contributed by atoms with Crippen LogP contribution in [0, 0.1) is 17.8 Å². The van der Waals surface area contributed by atoms with E-state index in [-0.39, 0.29) is 37.0 Å². The van der Waals surface area contributed by atoms with E-state index in [2.05, 4.69) is 36.2 Å². The summed E-state index contributed by atoms with van der Waals surface area (Å²) in [4.78, 5) is 77.6. The van der Waals surface area contributed by atoms with Crippen LogP contribution < -0.4 is 21.7 Å². The Morgan fingerprint density at radius 1 is 1.07 bits per heavy atom. The van der Waals surface area contributed by atoms with Crippen LogP contribution in [-0.4, -0.2) is 157 Å². The molecule has 0 bridgehead atoms. The molecule has 2 unspecified atom stereocenters. The zero-order chi connectivity index (χ0) is 53.4. The van der Waals surface area contributed by atoms with Gasteiger partial charge in [0.05, 0.1) is 36.2 Å². The minimum atomic E-state index is -1.34. The van der Waals surface area contributed by atoms with Crippen LogP contribution in [0.4, 0.5) is 15.3 Å². The number of aromatic nitrogens is 5. The molecule has 0 aliphatic carbocycles. The van der Waals surface area contributed by atoms with Gasteiger partial charge in [0, 0.05) is 68.4 Å². The first-order valence-corrected chi connectivity index (χ1v) is 25.3. The second-order valence-electron chi connectivity index (χ2n) is 21.1. The van der Waals surface area contributed by atoms with Crippen molar-refractivity contribution >= 4 is 35.5 Å². The number of hydrogen-bond acceptors (Lipinski definition) is 18. The van der Waals surface area contributed by atoms with E-state index >= 15 is 0 Å². The van der Waals surface area contributed by atoms with Gasteiger partial charge in [-0.25, -0.2) is 14.6 Å². The highest BCUT2D eigenvalue weighted by Gasteiger charge is 2.59. The molecule has 1 aromatic carbocycles. The topological polar surface area (TPSA) is 283 Å². The maximum atomic E-state index is 14.6. The van der Waals surface area contributed by atoms with Crippen molar-refractivity contribution in [2.24, 2.45) is 23.5 Å². The Balaban J connectivity index is 1.16. The number of nitrogens with zero attached hydrogens (tertiary/aromatic N) is 6. The van der Waals surface area contributed by atoms with Crippen molar-refractivity contribution in [1.82, 2.24) is 40.5 Å². The average molecular weight is 1020 g/mol. The van der Waals surface area contributed by atoms with E-state index in [4.69, 9.17) is 34.2 Å². The highest BCUT2D eigenvalue weighted by molar-refractivity contribution is 6.00. The third-order valence-electron chi connectivity index (χ3n) is 14.0. The summed E-state index contributed by atoms with van der Waals surface area (Å²) < 4.78 is 38.7. The van der Waals surface area contributed by atoms with Crippen LogP contribution in [0.15, 0.2) is 49.1 Å². The van der Waals surface area contributed by atoms with E-state index in [9.17, 15) is 29.1 Å². The average Bonchev–Trinajstić information content (AvgIpc) is 3.93. The Morgan fingerprint density at radius 3 is 2.49 bits per heavy atom. The Kier molecular flexibility index (Phi) is 18.7. The predicted octanol–water partition coefficient (Wildman–Crippen LogP) is 4.65. The van der Waals surface area contributed by atoms with E-state index in [1.54, 1.807) is 56.3 Å². The van der Waals surface area contributed by atoms with Gasteiger partial charge in [0.1, 0.15) is 35.1 Å². The summed E-state index contributed by atoms with van der Waals surface area (Å²) in [5.41, 5.74) is 5.32. The molecule has 0 spiro atoms. The van der Waals surface area contributed by atoms with Gasteiger partial charge in [-0.05, 0) is 105 Å². The fraction of sp³-hybridized carbons (Fsp3) is 0.667. The summed E-state index contributed by atoms with van der Waals surface area (Å²) in [6, 6.07) is 5.44. The summed E-state index contributed by atoms with van der Waals surface area (Å²) in [6.45, 7) is 19.2. The van der Waals surface area contributed by atoms with Crippen molar-refractivity contribution in [2.45, 2.75) is 174 Å². The number of cyclic esters (lactones) is 1. The Labute approximate surface area is 427 Å². The van der Waals surface area contributed by atoms with Gasteiger partial charge >= 0.3 is 18.2 Å². The molecule has 3 aliphatic heterocycles. The number of methoxy groups -OCH3 is 1. The monoisotopic (exact) mass is 1020 g/mol. The molecule has 402 valence electrons. The summed E-state index contributed by atoms with van der Waals surface area (Å²) >= 11 is 0. The number of fused-ring (bicyclic) bond motifs is 1. The molecule has 5 heterocycles. The van der Waals surface area contributed by atoms with Gasteiger partial charge in [-0.1, -0.05) is 38.1 Å². The number of rotatable bonds is 14. The van der Waals surface area contributed by atoms with E-state index in [1.807, 2.05) is 46.0 Å². The molecule has 0 radical (unpaired) electrons. The first-order valence-electron chi connectivity index (χ1n) is 25.3. The number of hydrogen-bond donors (Lipinski definition) is 5. The molecule has 6 rings (SSSR count). The summed E-state index contributed by atoms with van der Waals surface area (Å²) in [5, 5.41) is 29.2. The molecule has 73 heavy (non-hydrogen) atoms. The Morgan fingerprint density at radius 2 is 1.81 bits per heavy atom. The molecule has 3 aromatic rings. The van der Waals surface area contributed by atoms with Crippen molar-refractivity contribution in [2.75, 3.05) is 32.1 Å². The molecule has 3 amide bonds. The summed E-state index contributed by atoms with van der Waals surface area (Å²) in [5.74, 6) is -4.19. The zero-order valence-electron chi connectivity index (χ0n) is 44.0. The predicted molar refractivity (Wildman–Crippen MR) is 267 cm³/mol. The fourth-order valence-corrected chi connectivity index (χ4v) is 10.2. The van der Waals surface area contributed by atoms with Crippen LogP contribution in [0.2, 0.25) is 0 Å². The highest BCUT2D eigenvalue weighted by Crippen LogP contribution is 2.40. The molecule has 2 aromatic heterocycles. The van der Waals surface area contributed by atoms with E-state index in [0.717, 1.165) is 5.56 Å². The van der Waals surface area contributed by atoms with Crippen LogP contribution in [0.5, 0.6) is 0 Å². The third kappa shape index (κ3) is 13.9. The number of nitrogens with one attached hydrogen (secondary N) is 3. The number of aryl methyl sites for hydroxylation is 1. The number of anilines is 1. The molecule has 22 nitrogen and oxygen atoms in total. The molecule has 22 heteroatoms. The number of benzene rings is 1.